The van der Waals surface area contributed by atoms with Gasteiger partial charge in [0.05, 0.1) is 3.39 Å². The summed E-state index contributed by atoms with van der Waals surface area (Å²) in [6.45, 7) is 6.72. The minimum absolute atomic E-state index is 0.906. The van der Waals surface area contributed by atoms with Crippen molar-refractivity contribution < 1.29 is 0 Å². The molecule has 0 aliphatic carbocycles. The number of rotatable bonds is 2. The van der Waals surface area contributed by atoms with E-state index in [1.54, 1.807) is 11.3 Å². The zero-order valence-electron chi connectivity index (χ0n) is 10.1. The van der Waals surface area contributed by atoms with E-state index in [-0.39, 0.29) is 0 Å². The van der Waals surface area contributed by atoms with Crippen LogP contribution in [0.25, 0.3) is 6.08 Å². The molecule has 0 aromatic carbocycles. The van der Waals surface area contributed by atoms with Gasteiger partial charge in [-0.05, 0) is 55.5 Å². The second kappa shape index (κ2) is 6.74. The zero-order chi connectivity index (χ0) is 12.9. The summed E-state index contributed by atoms with van der Waals surface area (Å²) < 4.78 is 0.906. The lowest BCUT2D eigenvalue weighted by molar-refractivity contribution is 1.79. The van der Waals surface area contributed by atoms with Gasteiger partial charge in [0.25, 0.3) is 0 Å². The lowest BCUT2D eigenvalue weighted by Gasteiger charge is -2.03. The van der Waals surface area contributed by atoms with Gasteiger partial charge in [0.1, 0.15) is 8.07 Å². The first-order chi connectivity index (χ1) is 7.88. The molecule has 1 heterocycles. The van der Waals surface area contributed by atoms with Crippen LogP contribution in [0.5, 0.6) is 0 Å². The molecule has 0 unspecified atom stereocenters. The molecule has 0 spiro atoms. The van der Waals surface area contributed by atoms with Crippen LogP contribution in [0.1, 0.15) is 4.88 Å². The van der Waals surface area contributed by atoms with Crippen LogP contribution in [0.3, 0.4) is 0 Å². The minimum atomic E-state index is -1.33. The van der Waals surface area contributed by atoms with Crippen LogP contribution in [0, 0.1) is 11.5 Å². The number of hydrogen-bond donors (Lipinski definition) is 0. The van der Waals surface area contributed by atoms with Crippen molar-refractivity contribution in [3.05, 3.63) is 37.4 Å². The third-order valence-corrected chi connectivity index (χ3v) is 4.30. The number of thiophene rings is 1. The van der Waals surface area contributed by atoms with Gasteiger partial charge in [0.2, 0.25) is 0 Å². The summed E-state index contributed by atoms with van der Waals surface area (Å²) in [4.78, 5) is 1.23. The van der Waals surface area contributed by atoms with Crippen LogP contribution in [0.2, 0.25) is 19.6 Å². The van der Waals surface area contributed by atoms with E-state index in [1.807, 2.05) is 12.1 Å². The van der Waals surface area contributed by atoms with Crippen LogP contribution < -0.4 is 0 Å². The molecule has 0 N–H and O–H groups in total. The Bertz CT molecular complexity index is 478. The highest BCUT2D eigenvalue weighted by Crippen LogP contribution is 2.21. The molecule has 0 saturated heterocycles. The first kappa shape index (κ1) is 15.0. The van der Waals surface area contributed by atoms with Crippen LogP contribution in [-0.4, -0.2) is 8.07 Å². The van der Waals surface area contributed by atoms with Crippen LogP contribution in [0.4, 0.5) is 0 Å². The molecule has 0 fully saturated rings. The standard InChI is InChI=1S/C13H14Br2SSi/c1-17(2,3)10-8-11(13(14)15)6-7-12-5-4-9-16-12/h4-7,9H,1-3H3/b7-6+. The third-order valence-electron chi connectivity index (χ3n) is 1.73. The summed E-state index contributed by atoms with van der Waals surface area (Å²) in [5.74, 6) is 3.24. The third kappa shape index (κ3) is 6.42. The predicted molar refractivity (Wildman–Crippen MR) is 89.4 cm³/mol. The van der Waals surface area contributed by atoms with Crippen LogP contribution >= 0.6 is 43.2 Å². The fourth-order valence-corrected chi connectivity index (χ4v) is 2.55. The van der Waals surface area contributed by atoms with Gasteiger partial charge in [0, 0.05) is 10.5 Å². The Hall–Kier alpha value is -0.0831. The van der Waals surface area contributed by atoms with Gasteiger partial charge in [-0.15, -0.1) is 16.9 Å². The topological polar surface area (TPSA) is 0 Å². The van der Waals surface area contributed by atoms with Crippen molar-refractivity contribution in [3.63, 3.8) is 0 Å². The zero-order valence-corrected chi connectivity index (χ0v) is 15.0. The van der Waals surface area contributed by atoms with Crippen molar-refractivity contribution in [1.29, 1.82) is 0 Å². The smallest absolute Gasteiger partial charge is 0.129 e. The van der Waals surface area contributed by atoms with Crippen molar-refractivity contribution in [2.45, 2.75) is 19.6 Å². The molecule has 0 bridgehead atoms. The van der Waals surface area contributed by atoms with Gasteiger partial charge < -0.3 is 0 Å². The van der Waals surface area contributed by atoms with E-state index in [1.165, 1.54) is 4.88 Å². The maximum Gasteiger partial charge on any atom is 0.129 e. The average molecular weight is 390 g/mol. The molecule has 1 aromatic rings. The largest absolute Gasteiger partial charge is 0.144 e. The minimum Gasteiger partial charge on any atom is -0.144 e. The Morgan fingerprint density at radius 3 is 2.53 bits per heavy atom. The lowest BCUT2D eigenvalue weighted by Crippen LogP contribution is -2.16. The monoisotopic (exact) mass is 388 g/mol. The summed E-state index contributed by atoms with van der Waals surface area (Å²) in [6, 6.07) is 4.14. The molecule has 17 heavy (non-hydrogen) atoms. The highest BCUT2D eigenvalue weighted by Gasteiger charge is 2.07. The second-order valence-corrected chi connectivity index (χ2v) is 12.9. The van der Waals surface area contributed by atoms with E-state index < -0.39 is 8.07 Å². The first-order valence-corrected chi connectivity index (χ1v) is 11.1. The Labute approximate surface area is 125 Å². The van der Waals surface area contributed by atoms with Crippen molar-refractivity contribution in [2.75, 3.05) is 0 Å². The average Bonchev–Trinajstić information content (AvgIpc) is 2.68. The van der Waals surface area contributed by atoms with E-state index in [9.17, 15) is 0 Å². The highest BCUT2D eigenvalue weighted by molar-refractivity contribution is 9.28. The van der Waals surface area contributed by atoms with Crippen molar-refractivity contribution in [3.8, 4) is 11.5 Å². The quantitative estimate of drug-likeness (QED) is 0.348. The SMILES string of the molecule is C[Si](C)(C)C#CC(/C=C/c1cccs1)=C(Br)Br. The fraction of sp³-hybridized carbons (Fsp3) is 0.231. The fourth-order valence-electron chi connectivity index (χ4n) is 0.958. The van der Waals surface area contributed by atoms with Crippen LogP contribution in [-0.2, 0) is 0 Å². The van der Waals surface area contributed by atoms with E-state index in [0.717, 1.165) is 8.96 Å². The van der Waals surface area contributed by atoms with E-state index >= 15 is 0 Å². The van der Waals surface area contributed by atoms with Gasteiger partial charge >= 0.3 is 0 Å². The summed E-state index contributed by atoms with van der Waals surface area (Å²) in [7, 11) is -1.33. The molecule has 1 rings (SSSR count). The summed E-state index contributed by atoms with van der Waals surface area (Å²) in [5.41, 5.74) is 4.34. The number of allylic oxidation sites excluding steroid dienone is 2. The Kier molecular flexibility index (Phi) is 5.94. The van der Waals surface area contributed by atoms with E-state index in [4.69, 9.17) is 0 Å². The summed E-state index contributed by atoms with van der Waals surface area (Å²) in [5, 5.41) is 2.07. The molecule has 0 saturated carbocycles. The van der Waals surface area contributed by atoms with Crippen molar-refractivity contribution in [1.82, 2.24) is 0 Å². The van der Waals surface area contributed by atoms with Gasteiger partial charge in [0.15, 0.2) is 0 Å². The molecule has 0 amide bonds. The van der Waals surface area contributed by atoms with E-state index in [0.29, 0.717) is 0 Å². The molecule has 0 atom stereocenters. The maximum atomic E-state index is 3.43. The Balaban J connectivity index is 2.90. The normalized spacial score (nSPS) is 11.1. The number of hydrogen-bond acceptors (Lipinski definition) is 1. The van der Waals surface area contributed by atoms with Crippen molar-refractivity contribution in [2.24, 2.45) is 0 Å². The molecule has 0 nitrogen and oxygen atoms in total. The van der Waals surface area contributed by atoms with Gasteiger partial charge in [-0.25, -0.2) is 0 Å². The number of halogens is 2. The van der Waals surface area contributed by atoms with Crippen LogP contribution in [0.15, 0.2) is 32.6 Å². The molecule has 90 valence electrons. The Morgan fingerprint density at radius 1 is 1.35 bits per heavy atom. The van der Waals surface area contributed by atoms with Gasteiger partial charge in [-0.1, -0.05) is 31.6 Å². The molecule has 0 aliphatic heterocycles. The van der Waals surface area contributed by atoms with Gasteiger partial charge in [-0.3, -0.25) is 0 Å². The van der Waals surface area contributed by atoms with Crippen molar-refractivity contribution >= 4 is 57.3 Å². The molecular formula is C13H14Br2SSi. The molecular weight excluding hydrogens is 376 g/mol. The van der Waals surface area contributed by atoms with E-state index in [2.05, 4.69) is 80.5 Å². The molecule has 4 heteroatoms. The predicted octanol–water partition coefficient (Wildman–Crippen LogP) is 5.64. The highest BCUT2D eigenvalue weighted by atomic mass is 79.9. The summed E-state index contributed by atoms with van der Waals surface area (Å²) in [6.07, 6.45) is 4.12. The summed E-state index contributed by atoms with van der Waals surface area (Å²) >= 11 is 8.59. The molecule has 0 aliphatic rings. The molecule has 1 aromatic heterocycles. The lowest BCUT2D eigenvalue weighted by atomic mass is 10.3. The van der Waals surface area contributed by atoms with Gasteiger partial charge in [-0.2, -0.15) is 0 Å². The Morgan fingerprint density at radius 2 is 2.06 bits per heavy atom. The second-order valence-electron chi connectivity index (χ2n) is 4.52. The molecule has 0 radical (unpaired) electrons. The first-order valence-electron chi connectivity index (χ1n) is 5.18. The maximum absolute atomic E-state index is 3.43.